The Kier molecular flexibility index (Phi) is 6.63. The first-order valence-corrected chi connectivity index (χ1v) is 11.1. The zero-order valence-corrected chi connectivity index (χ0v) is 17.2. The number of imidazole rings is 1. The monoisotopic (exact) mass is 426 g/mol. The van der Waals surface area contributed by atoms with Crippen LogP contribution in [0.2, 0.25) is 0 Å². The van der Waals surface area contributed by atoms with Crippen molar-refractivity contribution in [3.63, 3.8) is 0 Å². The van der Waals surface area contributed by atoms with Gasteiger partial charge in [-0.3, -0.25) is 9.59 Å². The molecule has 0 aliphatic heterocycles. The lowest BCUT2D eigenvalue weighted by Gasteiger charge is -2.09. The highest BCUT2D eigenvalue weighted by Crippen LogP contribution is 2.13. The molecule has 0 saturated heterocycles. The van der Waals surface area contributed by atoms with E-state index in [0.717, 1.165) is 11.8 Å². The van der Waals surface area contributed by atoms with Gasteiger partial charge in [0.2, 0.25) is 5.91 Å². The standard InChI is InChI=1S/C21H22N4O4S/c1-30(28,29)19-7-5-16(6-8-19)14-23-21(27)17-3-2-4-18(13-17)24-20(26)9-11-25-12-10-22-15-25/h2-8,10,12-13,15H,9,11,14H2,1H3,(H,23,27)(H,24,26). The van der Waals surface area contributed by atoms with Crippen LogP contribution in [0.25, 0.3) is 0 Å². The minimum atomic E-state index is -3.25. The summed E-state index contributed by atoms with van der Waals surface area (Å²) in [6, 6.07) is 13.0. The summed E-state index contributed by atoms with van der Waals surface area (Å²) in [5.41, 5.74) is 1.73. The van der Waals surface area contributed by atoms with Crippen molar-refractivity contribution in [1.29, 1.82) is 0 Å². The van der Waals surface area contributed by atoms with E-state index in [0.29, 0.717) is 17.8 Å². The molecule has 1 aromatic heterocycles. The van der Waals surface area contributed by atoms with Crippen LogP contribution in [0.15, 0.2) is 72.1 Å². The normalized spacial score (nSPS) is 11.1. The molecular formula is C21H22N4O4S. The number of sulfone groups is 1. The number of carbonyl (C=O) groups is 2. The van der Waals surface area contributed by atoms with Gasteiger partial charge in [0.25, 0.3) is 5.91 Å². The summed E-state index contributed by atoms with van der Waals surface area (Å²) in [5.74, 6) is -0.455. The molecule has 0 bridgehead atoms. The SMILES string of the molecule is CS(=O)(=O)c1ccc(CNC(=O)c2cccc(NC(=O)CCn3ccnc3)c2)cc1. The molecule has 0 saturated carbocycles. The number of aryl methyl sites for hydroxylation is 1. The van der Waals surface area contributed by atoms with Gasteiger partial charge in [0, 0.05) is 49.4 Å². The Morgan fingerprint density at radius 1 is 1.10 bits per heavy atom. The highest BCUT2D eigenvalue weighted by atomic mass is 32.2. The van der Waals surface area contributed by atoms with Gasteiger partial charge in [0.1, 0.15) is 0 Å². The third-order valence-corrected chi connectivity index (χ3v) is 5.50. The van der Waals surface area contributed by atoms with Gasteiger partial charge in [-0.15, -0.1) is 0 Å². The Morgan fingerprint density at radius 2 is 1.87 bits per heavy atom. The molecule has 30 heavy (non-hydrogen) atoms. The summed E-state index contributed by atoms with van der Waals surface area (Å²) >= 11 is 0. The Labute approximate surface area is 174 Å². The number of nitrogens with one attached hydrogen (secondary N) is 2. The van der Waals surface area contributed by atoms with Gasteiger partial charge in [0.05, 0.1) is 11.2 Å². The molecule has 3 aromatic rings. The van der Waals surface area contributed by atoms with Gasteiger partial charge in [-0.2, -0.15) is 0 Å². The maximum atomic E-state index is 12.4. The smallest absolute Gasteiger partial charge is 0.251 e. The molecule has 9 heteroatoms. The number of hydrogen-bond donors (Lipinski definition) is 2. The van der Waals surface area contributed by atoms with Crippen LogP contribution < -0.4 is 10.6 Å². The first-order chi connectivity index (χ1) is 14.3. The fourth-order valence-electron chi connectivity index (χ4n) is 2.75. The molecule has 0 aliphatic carbocycles. The zero-order chi connectivity index (χ0) is 21.6. The van der Waals surface area contributed by atoms with Crippen molar-refractivity contribution in [2.45, 2.75) is 24.4 Å². The lowest BCUT2D eigenvalue weighted by molar-refractivity contribution is -0.116. The summed E-state index contributed by atoms with van der Waals surface area (Å²) in [6.07, 6.45) is 6.52. The number of rotatable bonds is 8. The largest absolute Gasteiger partial charge is 0.348 e. The van der Waals surface area contributed by atoms with Crippen LogP contribution in [0.5, 0.6) is 0 Å². The molecule has 0 atom stereocenters. The molecule has 3 rings (SSSR count). The maximum Gasteiger partial charge on any atom is 0.251 e. The Morgan fingerprint density at radius 3 is 2.53 bits per heavy atom. The summed E-state index contributed by atoms with van der Waals surface area (Å²) in [7, 11) is -3.25. The van der Waals surface area contributed by atoms with E-state index in [1.807, 2.05) is 4.57 Å². The molecule has 0 aliphatic rings. The molecule has 0 spiro atoms. The van der Waals surface area contributed by atoms with Crippen LogP contribution in [-0.2, 0) is 27.7 Å². The minimum Gasteiger partial charge on any atom is -0.348 e. The van der Waals surface area contributed by atoms with Crippen LogP contribution in [-0.4, -0.2) is 36.0 Å². The predicted octanol–water partition coefficient (Wildman–Crippen LogP) is 2.25. The van der Waals surface area contributed by atoms with Crippen molar-refractivity contribution in [1.82, 2.24) is 14.9 Å². The van der Waals surface area contributed by atoms with Crippen LogP contribution in [0, 0.1) is 0 Å². The number of aromatic nitrogens is 2. The molecule has 0 fully saturated rings. The van der Waals surface area contributed by atoms with Crippen molar-refractivity contribution in [2.75, 3.05) is 11.6 Å². The number of anilines is 1. The van der Waals surface area contributed by atoms with Gasteiger partial charge in [-0.1, -0.05) is 18.2 Å². The van der Waals surface area contributed by atoms with E-state index in [1.54, 1.807) is 55.1 Å². The van der Waals surface area contributed by atoms with Gasteiger partial charge < -0.3 is 15.2 Å². The third-order valence-electron chi connectivity index (χ3n) is 4.37. The first-order valence-electron chi connectivity index (χ1n) is 9.24. The van der Waals surface area contributed by atoms with E-state index < -0.39 is 9.84 Å². The van der Waals surface area contributed by atoms with E-state index in [-0.39, 0.29) is 29.7 Å². The molecule has 156 valence electrons. The maximum absolute atomic E-state index is 12.4. The predicted molar refractivity (Wildman–Crippen MR) is 113 cm³/mol. The second kappa shape index (κ2) is 9.36. The summed E-state index contributed by atoms with van der Waals surface area (Å²) in [6.45, 7) is 0.772. The van der Waals surface area contributed by atoms with Crippen LogP contribution in [0.4, 0.5) is 5.69 Å². The Bertz CT molecular complexity index is 1120. The summed E-state index contributed by atoms with van der Waals surface area (Å²) in [4.78, 5) is 28.7. The summed E-state index contributed by atoms with van der Waals surface area (Å²) < 4.78 is 24.8. The fraction of sp³-hybridized carbons (Fsp3) is 0.190. The first kappa shape index (κ1) is 21.3. The fourth-order valence-corrected chi connectivity index (χ4v) is 3.38. The van der Waals surface area contributed by atoms with Crippen molar-refractivity contribution >= 4 is 27.3 Å². The van der Waals surface area contributed by atoms with Gasteiger partial charge >= 0.3 is 0 Å². The average Bonchev–Trinajstić information content (AvgIpc) is 3.24. The number of carbonyl (C=O) groups excluding carboxylic acids is 2. The van der Waals surface area contributed by atoms with Crippen LogP contribution in [0.3, 0.4) is 0 Å². The zero-order valence-electron chi connectivity index (χ0n) is 16.4. The Balaban J connectivity index is 1.54. The minimum absolute atomic E-state index is 0.160. The summed E-state index contributed by atoms with van der Waals surface area (Å²) in [5, 5.41) is 5.57. The number of benzene rings is 2. The molecule has 2 amide bonds. The lowest BCUT2D eigenvalue weighted by atomic mass is 10.1. The van der Waals surface area contributed by atoms with E-state index in [4.69, 9.17) is 0 Å². The van der Waals surface area contributed by atoms with Crippen LogP contribution in [0.1, 0.15) is 22.3 Å². The molecule has 2 N–H and O–H groups in total. The molecule has 0 unspecified atom stereocenters. The van der Waals surface area contributed by atoms with Gasteiger partial charge in [0.15, 0.2) is 9.84 Å². The van der Waals surface area contributed by atoms with Crippen LogP contribution >= 0.6 is 0 Å². The van der Waals surface area contributed by atoms with Crippen molar-refractivity contribution in [2.24, 2.45) is 0 Å². The number of hydrogen-bond acceptors (Lipinski definition) is 5. The van der Waals surface area contributed by atoms with E-state index in [2.05, 4.69) is 15.6 Å². The highest BCUT2D eigenvalue weighted by molar-refractivity contribution is 7.90. The molecule has 2 aromatic carbocycles. The van der Waals surface area contributed by atoms with Crippen molar-refractivity contribution < 1.29 is 18.0 Å². The topological polar surface area (TPSA) is 110 Å². The van der Waals surface area contributed by atoms with Crippen molar-refractivity contribution in [3.8, 4) is 0 Å². The van der Waals surface area contributed by atoms with E-state index in [9.17, 15) is 18.0 Å². The number of amides is 2. The molecular weight excluding hydrogens is 404 g/mol. The quantitative estimate of drug-likeness (QED) is 0.574. The number of nitrogens with zero attached hydrogens (tertiary/aromatic N) is 2. The average molecular weight is 426 g/mol. The van der Waals surface area contributed by atoms with Gasteiger partial charge in [-0.25, -0.2) is 13.4 Å². The second-order valence-electron chi connectivity index (χ2n) is 6.78. The van der Waals surface area contributed by atoms with Gasteiger partial charge in [-0.05, 0) is 35.9 Å². The van der Waals surface area contributed by atoms with E-state index >= 15 is 0 Å². The van der Waals surface area contributed by atoms with E-state index in [1.165, 1.54) is 12.1 Å². The van der Waals surface area contributed by atoms with Crippen molar-refractivity contribution in [3.05, 3.63) is 78.4 Å². The second-order valence-corrected chi connectivity index (χ2v) is 8.79. The highest BCUT2D eigenvalue weighted by Gasteiger charge is 2.10. The Hall–Kier alpha value is -3.46. The molecule has 0 radical (unpaired) electrons. The third kappa shape index (κ3) is 6.02. The molecule has 1 heterocycles. The molecule has 8 nitrogen and oxygen atoms in total. The lowest BCUT2D eigenvalue weighted by Crippen LogP contribution is -2.23.